The van der Waals surface area contributed by atoms with Crippen LogP contribution in [0.5, 0.6) is 0 Å². The average molecular weight is 377 g/mol. The maximum absolute atomic E-state index is 12.9. The van der Waals surface area contributed by atoms with Gasteiger partial charge in [0.05, 0.1) is 24.0 Å². The van der Waals surface area contributed by atoms with Gasteiger partial charge >= 0.3 is 11.9 Å². The van der Waals surface area contributed by atoms with E-state index in [1.54, 1.807) is 6.92 Å². The molecule has 1 aromatic heterocycles. The van der Waals surface area contributed by atoms with Gasteiger partial charge in [-0.05, 0) is 44.1 Å². The lowest BCUT2D eigenvalue weighted by Gasteiger charge is -2.23. The predicted molar refractivity (Wildman–Crippen MR) is 98.4 cm³/mol. The van der Waals surface area contributed by atoms with E-state index in [1.165, 1.54) is 11.3 Å². The molecule has 0 radical (unpaired) electrons. The van der Waals surface area contributed by atoms with Crippen LogP contribution in [0.15, 0.2) is 12.2 Å². The minimum atomic E-state index is -0.941. The number of nitrogens with one attached hydrogen (secondary N) is 1. The van der Waals surface area contributed by atoms with Crippen LogP contribution >= 0.6 is 11.3 Å². The fourth-order valence-corrected chi connectivity index (χ4v) is 5.36. The van der Waals surface area contributed by atoms with Gasteiger partial charge in [0, 0.05) is 4.88 Å². The van der Waals surface area contributed by atoms with Gasteiger partial charge in [-0.15, -0.1) is 11.3 Å². The number of rotatable bonds is 6. The van der Waals surface area contributed by atoms with Crippen molar-refractivity contribution in [1.29, 1.82) is 0 Å². The molecule has 1 heterocycles. The molecule has 4 atom stereocenters. The lowest BCUT2D eigenvalue weighted by Crippen LogP contribution is -2.36. The van der Waals surface area contributed by atoms with Crippen molar-refractivity contribution >= 4 is 34.2 Å². The Balaban J connectivity index is 1.89. The van der Waals surface area contributed by atoms with Crippen molar-refractivity contribution in [1.82, 2.24) is 0 Å². The number of aliphatic carboxylic acids is 1. The second kappa shape index (κ2) is 7.23. The third-order valence-corrected chi connectivity index (χ3v) is 6.39. The first-order valence-electron chi connectivity index (χ1n) is 8.90. The fourth-order valence-electron chi connectivity index (χ4n) is 4.22. The monoisotopic (exact) mass is 377 g/mol. The molecule has 0 aromatic carbocycles. The highest BCUT2D eigenvalue weighted by molar-refractivity contribution is 7.16. The molecule has 26 heavy (non-hydrogen) atoms. The Morgan fingerprint density at radius 3 is 2.46 bits per heavy atom. The van der Waals surface area contributed by atoms with Crippen molar-refractivity contribution < 1.29 is 24.2 Å². The van der Waals surface area contributed by atoms with Crippen molar-refractivity contribution in [2.24, 2.45) is 23.7 Å². The van der Waals surface area contributed by atoms with Crippen LogP contribution < -0.4 is 5.32 Å². The van der Waals surface area contributed by atoms with Crippen molar-refractivity contribution in [3.8, 4) is 0 Å². The summed E-state index contributed by atoms with van der Waals surface area (Å²) in [6.07, 6.45) is 5.20. The molecule has 6 nitrogen and oxygen atoms in total. The number of hydrogen-bond donors (Lipinski definition) is 2. The maximum atomic E-state index is 12.9. The SMILES string of the molecule is CCOC(=O)c1c(NC(=O)C2C3C=CC(C3)C2C(=O)O)sc(C)c1CC. The van der Waals surface area contributed by atoms with Crippen molar-refractivity contribution in [2.45, 2.75) is 33.6 Å². The molecule has 0 aliphatic heterocycles. The molecule has 4 unspecified atom stereocenters. The molecule has 0 saturated heterocycles. The molecule has 3 rings (SSSR count). The number of carboxylic acids is 1. The number of carbonyl (C=O) groups excluding carboxylic acids is 2. The van der Waals surface area contributed by atoms with Crippen LogP contribution in [-0.2, 0) is 20.7 Å². The Hall–Kier alpha value is -2.15. The summed E-state index contributed by atoms with van der Waals surface area (Å²) in [7, 11) is 0. The molecular weight excluding hydrogens is 354 g/mol. The molecule has 1 aromatic rings. The number of hydrogen-bond acceptors (Lipinski definition) is 5. The highest BCUT2D eigenvalue weighted by Gasteiger charge is 2.51. The Kier molecular flexibility index (Phi) is 5.18. The van der Waals surface area contributed by atoms with E-state index < -0.39 is 23.8 Å². The predicted octanol–water partition coefficient (Wildman–Crippen LogP) is 3.26. The fraction of sp³-hybridized carbons (Fsp3) is 0.526. The van der Waals surface area contributed by atoms with Crippen LogP contribution in [0.3, 0.4) is 0 Å². The number of allylic oxidation sites excluding steroid dienone is 2. The van der Waals surface area contributed by atoms with Gasteiger partial charge < -0.3 is 15.2 Å². The number of carboxylic acid groups (broad SMARTS) is 1. The summed E-state index contributed by atoms with van der Waals surface area (Å²) in [5.74, 6) is -3.18. The van der Waals surface area contributed by atoms with Crippen LogP contribution in [0.4, 0.5) is 5.00 Å². The van der Waals surface area contributed by atoms with Gasteiger partial charge in [0.1, 0.15) is 5.00 Å². The van der Waals surface area contributed by atoms with Gasteiger partial charge in [0.25, 0.3) is 0 Å². The molecule has 1 saturated carbocycles. The van der Waals surface area contributed by atoms with Gasteiger partial charge in [-0.3, -0.25) is 9.59 Å². The quantitative estimate of drug-likeness (QED) is 0.586. The Bertz CT molecular complexity index is 781. The number of ether oxygens (including phenoxy) is 1. The largest absolute Gasteiger partial charge is 0.481 e. The van der Waals surface area contributed by atoms with E-state index >= 15 is 0 Å². The van der Waals surface area contributed by atoms with E-state index in [9.17, 15) is 19.5 Å². The van der Waals surface area contributed by atoms with Gasteiger partial charge in [-0.1, -0.05) is 19.1 Å². The number of thiophene rings is 1. The van der Waals surface area contributed by atoms with E-state index in [1.807, 2.05) is 26.0 Å². The summed E-state index contributed by atoms with van der Waals surface area (Å²) in [6, 6.07) is 0. The average Bonchev–Trinajstić information content (AvgIpc) is 3.26. The number of esters is 1. The Morgan fingerprint density at radius 1 is 1.23 bits per heavy atom. The van der Waals surface area contributed by atoms with Gasteiger partial charge in [0.2, 0.25) is 5.91 Å². The molecule has 7 heteroatoms. The Labute approximate surface area is 156 Å². The first-order chi connectivity index (χ1) is 12.4. The number of anilines is 1. The second-order valence-electron chi connectivity index (χ2n) is 6.74. The molecule has 2 aliphatic rings. The van der Waals surface area contributed by atoms with Crippen LogP contribution in [0.2, 0.25) is 0 Å². The number of aryl methyl sites for hydroxylation is 1. The van der Waals surface area contributed by atoms with Crippen LogP contribution in [-0.4, -0.2) is 29.6 Å². The van der Waals surface area contributed by atoms with Crippen LogP contribution in [0, 0.1) is 30.6 Å². The summed E-state index contributed by atoms with van der Waals surface area (Å²) in [4.78, 5) is 37.9. The first-order valence-corrected chi connectivity index (χ1v) is 9.72. The molecule has 2 bridgehead atoms. The van der Waals surface area contributed by atoms with Gasteiger partial charge in [0.15, 0.2) is 0 Å². The molecule has 1 fully saturated rings. The smallest absolute Gasteiger partial charge is 0.341 e. The first kappa shape index (κ1) is 18.6. The lowest BCUT2D eigenvalue weighted by atomic mass is 9.82. The third-order valence-electron chi connectivity index (χ3n) is 5.33. The van der Waals surface area contributed by atoms with E-state index in [0.717, 1.165) is 10.4 Å². The molecule has 2 N–H and O–H groups in total. The maximum Gasteiger partial charge on any atom is 0.341 e. The summed E-state index contributed by atoms with van der Waals surface area (Å²) < 4.78 is 5.15. The van der Waals surface area contributed by atoms with Gasteiger partial charge in [-0.2, -0.15) is 0 Å². The minimum absolute atomic E-state index is 0.0566. The number of fused-ring (bicyclic) bond motifs is 2. The second-order valence-corrected chi connectivity index (χ2v) is 7.97. The number of amides is 1. The zero-order valence-electron chi connectivity index (χ0n) is 15.1. The normalized spacial score (nSPS) is 26.1. The summed E-state index contributed by atoms with van der Waals surface area (Å²) in [5, 5.41) is 12.8. The molecule has 2 aliphatic carbocycles. The molecular formula is C19H23NO5S. The van der Waals surface area contributed by atoms with Crippen molar-refractivity contribution in [2.75, 3.05) is 11.9 Å². The molecule has 1 amide bonds. The zero-order chi connectivity index (χ0) is 19.0. The topological polar surface area (TPSA) is 92.7 Å². The zero-order valence-corrected chi connectivity index (χ0v) is 15.9. The van der Waals surface area contributed by atoms with Crippen molar-refractivity contribution in [3.05, 3.63) is 28.2 Å². The Morgan fingerprint density at radius 2 is 1.88 bits per heavy atom. The van der Waals surface area contributed by atoms with E-state index in [-0.39, 0.29) is 24.3 Å². The molecule has 0 spiro atoms. The number of carbonyl (C=O) groups is 3. The van der Waals surface area contributed by atoms with E-state index in [2.05, 4.69) is 5.32 Å². The minimum Gasteiger partial charge on any atom is -0.481 e. The molecule has 140 valence electrons. The van der Waals surface area contributed by atoms with Crippen LogP contribution in [0.25, 0.3) is 0 Å². The third kappa shape index (κ3) is 3.05. The highest BCUT2D eigenvalue weighted by atomic mass is 32.1. The van der Waals surface area contributed by atoms with Crippen molar-refractivity contribution in [3.63, 3.8) is 0 Å². The van der Waals surface area contributed by atoms with E-state index in [4.69, 9.17) is 4.74 Å². The lowest BCUT2D eigenvalue weighted by molar-refractivity contribution is -0.146. The summed E-state index contributed by atoms with van der Waals surface area (Å²) in [6.45, 7) is 5.84. The summed E-state index contributed by atoms with van der Waals surface area (Å²) >= 11 is 1.34. The van der Waals surface area contributed by atoms with Gasteiger partial charge in [-0.25, -0.2) is 4.79 Å². The van der Waals surface area contributed by atoms with Crippen LogP contribution in [0.1, 0.15) is 41.1 Å². The summed E-state index contributed by atoms with van der Waals surface area (Å²) in [5.41, 5.74) is 1.27. The highest BCUT2D eigenvalue weighted by Crippen LogP contribution is 2.48. The van der Waals surface area contributed by atoms with E-state index in [0.29, 0.717) is 23.4 Å². The standard InChI is InChI=1S/C19H23NO5S/c1-4-12-9(3)26-17(15(12)19(24)25-5-2)20-16(21)13-10-6-7-11(8-10)14(13)18(22)23/h6-7,10-11,13-14H,4-5,8H2,1-3H3,(H,20,21)(H,22,23).